The summed E-state index contributed by atoms with van der Waals surface area (Å²) in [4.78, 5) is 8.41. The number of alkyl halides is 3. The van der Waals surface area contributed by atoms with Crippen LogP contribution < -0.4 is 10.6 Å². The fraction of sp³-hybridized carbons (Fsp3) is 0.812. The van der Waals surface area contributed by atoms with Crippen LogP contribution in [0.25, 0.3) is 0 Å². The molecule has 1 heterocycles. The standard InChI is InChI=1S/C16H26F3N5O.HI/c1-10(2)14-23-13(25-24-14)8-9-21-15(20-3)22-12-6-4-11(5-7-12)16(17,18)19;/h10-12H,4-9H2,1-3H3,(H2,20,21,22);1H. The van der Waals surface area contributed by atoms with Crippen LogP contribution in [-0.4, -0.2) is 41.9 Å². The molecule has 1 saturated carbocycles. The number of nitrogens with zero attached hydrogens (tertiary/aromatic N) is 3. The van der Waals surface area contributed by atoms with E-state index in [2.05, 4.69) is 25.8 Å². The molecule has 150 valence electrons. The van der Waals surface area contributed by atoms with Crippen LogP contribution in [0.2, 0.25) is 0 Å². The molecule has 0 aliphatic heterocycles. The van der Waals surface area contributed by atoms with Crippen LogP contribution >= 0.6 is 24.0 Å². The first-order valence-electron chi connectivity index (χ1n) is 8.66. The van der Waals surface area contributed by atoms with Crippen molar-refractivity contribution in [2.75, 3.05) is 13.6 Å². The van der Waals surface area contributed by atoms with E-state index >= 15 is 0 Å². The number of hydrogen-bond donors (Lipinski definition) is 2. The van der Waals surface area contributed by atoms with Crippen molar-refractivity contribution in [3.8, 4) is 0 Å². The lowest BCUT2D eigenvalue weighted by molar-refractivity contribution is -0.182. The van der Waals surface area contributed by atoms with Crippen molar-refractivity contribution >= 4 is 29.9 Å². The van der Waals surface area contributed by atoms with Gasteiger partial charge in [-0.3, -0.25) is 4.99 Å². The van der Waals surface area contributed by atoms with Gasteiger partial charge in [-0.1, -0.05) is 19.0 Å². The zero-order valence-electron chi connectivity index (χ0n) is 15.3. The highest BCUT2D eigenvalue weighted by molar-refractivity contribution is 14.0. The third-order valence-corrected chi connectivity index (χ3v) is 4.39. The summed E-state index contributed by atoms with van der Waals surface area (Å²) in [7, 11) is 1.64. The van der Waals surface area contributed by atoms with E-state index in [-0.39, 0.29) is 48.8 Å². The molecule has 6 nitrogen and oxygen atoms in total. The Morgan fingerprint density at radius 2 is 1.92 bits per heavy atom. The van der Waals surface area contributed by atoms with Crippen LogP contribution in [0.3, 0.4) is 0 Å². The Bertz CT molecular complexity index is 568. The van der Waals surface area contributed by atoms with Gasteiger partial charge in [-0.05, 0) is 25.7 Å². The Hall–Kier alpha value is -1.07. The Morgan fingerprint density at radius 1 is 1.27 bits per heavy atom. The molecule has 0 bridgehead atoms. The van der Waals surface area contributed by atoms with Gasteiger partial charge in [0.2, 0.25) is 5.89 Å². The summed E-state index contributed by atoms with van der Waals surface area (Å²) in [5.74, 6) is 0.857. The molecule has 0 amide bonds. The van der Waals surface area contributed by atoms with Crippen LogP contribution in [-0.2, 0) is 6.42 Å². The maximum atomic E-state index is 12.7. The fourth-order valence-corrected chi connectivity index (χ4v) is 2.84. The highest BCUT2D eigenvalue weighted by Gasteiger charge is 2.41. The quantitative estimate of drug-likeness (QED) is 0.376. The van der Waals surface area contributed by atoms with E-state index in [1.54, 1.807) is 7.05 Å². The number of aliphatic imine (C=N–C) groups is 1. The summed E-state index contributed by atoms with van der Waals surface area (Å²) >= 11 is 0. The number of nitrogens with one attached hydrogen (secondary N) is 2. The highest BCUT2D eigenvalue weighted by atomic mass is 127. The molecule has 10 heteroatoms. The second kappa shape index (κ2) is 10.3. The van der Waals surface area contributed by atoms with Crippen molar-refractivity contribution in [3.63, 3.8) is 0 Å². The third-order valence-electron chi connectivity index (χ3n) is 4.39. The van der Waals surface area contributed by atoms with E-state index in [1.165, 1.54) is 0 Å². The predicted octanol–water partition coefficient (Wildman–Crippen LogP) is 3.64. The second-order valence-corrected chi connectivity index (χ2v) is 6.68. The molecule has 0 aromatic carbocycles. The summed E-state index contributed by atoms with van der Waals surface area (Å²) in [5.41, 5.74) is 0. The molecular weight excluding hydrogens is 462 g/mol. The summed E-state index contributed by atoms with van der Waals surface area (Å²) in [6.07, 6.45) is -2.21. The molecule has 26 heavy (non-hydrogen) atoms. The van der Waals surface area contributed by atoms with Crippen molar-refractivity contribution < 1.29 is 17.7 Å². The molecule has 2 N–H and O–H groups in total. The lowest BCUT2D eigenvalue weighted by atomic mass is 9.85. The summed E-state index contributed by atoms with van der Waals surface area (Å²) in [5, 5.41) is 10.2. The first kappa shape index (κ1) is 23.0. The van der Waals surface area contributed by atoms with Crippen molar-refractivity contribution in [1.82, 2.24) is 20.8 Å². The summed E-state index contributed by atoms with van der Waals surface area (Å²) < 4.78 is 43.3. The van der Waals surface area contributed by atoms with Gasteiger partial charge in [0.05, 0.1) is 5.92 Å². The minimum Gasteiger partial charge on any atom is -0.356 e. The highest BCUT2D eigenvalue weighted by Crippen LogP contribution is 2.37. The number of aromatic nitrogens is 2. The van der Waals surface area contributed by atoms with Crippen LogP contribution in [0.5, 0.6) is 0 Å². The van der Waals surface area contributed by atoms with E-state index in [0.29, 0.717) is 43.5 Å². The van der Waals surface area contributed by atoms with Crippen LogP contribution in [0.15, 0.2) is 9.52 Å². The first-order valence-corrected chi connectivity index (χ1v) is 8.66. The molecular formula is C16H27F3IN5O. The van der Waals surface area contributed by atoms with Gasteiger partial charge in [0, 0.05) is 32.0 Å². The molecule has 0 unspecified atom stereocenters. The largest absolute Gasteiger partial charge is 0.391 e. The van der Waals surface area contributed by atoms with Crippen molar-refractivity contribution in [2.24, 2.45) is 10.9 Å². The number of guanidine groups is 1. The van der Waals surface area contributed by atoms with E-state index in [4.69, 9.17) is 4.52 Å². The average molecular weight is 489 g/mol. The molecule has 2 rings (SSSR count). The Labute approximate surface area is 168 Å². The molecule has 0 radical (unpaired) electrons. The normalized spacial score (nSPS) is 21.4. The Balaban J connectivity index is 0.00000338. The van der Waals surface area contributed by atoms with Gasteiger partial charge in [0.25, 0.3) is 0 Å². The maximum Gasteiger partial charge on any atom is 0.391 e. The number of hydrogen-bond acceptors (Lipinski definition) is 4. The first-order chi connectivity index (χ1) is 11.8. The predicted molar refractivity (Wildman–Crippen MR) is 104 cm³/mol. The lowest BCUT2D eigenvalue weighted by Crippen LogP contribution is -2.46. The van der Waals surface area contributed by atoms with Gasteiger partial charge >= 0.3 is 6.18 Å². The van der Waals surface area contributed by atoms with E-state index in [0.717, 1.165) is 0 Å². The monoisotopic (exact) mass is 489 g/mol. The Kier molecular flexibility index (Phi) is 9.11. The van der Waals surface area contributed by atoms with E-state index in [1.807, 2.05) is 13.8 Å². The van der Waals surface area contributed by atoms with Crippen molar-refractivity contribution in [1.29, 1.82) is 0 Å². The molecule has 0 atom stereocenters. The second-order valence-electron chi connectivity index (χ2n) is 6.68. The zero-order valence-corrected chi connectivity index (χ0v) is 17.6. The molecule has 0 spiro atoms. The molecule has 1 aromatic rings. The minimum atomic E-state index is -4.08. The van der Waals surface area contributed by atoms with Gasteiger partial charge in [-0.15, -0.1) is 24.0 Å². The van der Waals surface area contributed by atoms with Gasteiger partial charge in [-0.25, -0.2) is 0 Å². The smallest absolute Gasteiger partial charge is 0.356 e. The van der Waals surface area contributed by atoms with Crippen molar-refractivity contribution in [3.05, 3.63) is 11.7 Å². The molecule has 1 aromatic heterocycles. The van der Waals surface area contributed by atoms with Crippen molar-refractivity contribution in [2.45, 2.75) is 64.1 Å². The van der Waals surface area contributed by atoms with Crippen LogP contribution in [0.4, 0.5) is 13.2 Å². The molecule has 1 aliphatic carbocycles. The fourth-order valence-electron chi connectivity index (χ4n) is 2.84. The Morgan fingerprint density at radius 3 is 2.42 bits per heavy atom. The molecule has 1 aliphatic rings. The van der Waals surface area contributed by atoms with Gasteiger partial charge < -0.3 is 15.2 Å². The maximum absolute atomic E-state index is 12.7. The average Bonchev–Trinajstić information content (AvgIpc) is 3.02. The topological polar surface area (TPSA) is 75.3 Å². The minimum absolute atomic E-state index is 0. The van der Waals surface area contributed by atoms with Crippen LogP contribution in [0, 0.1) is 5.92 Å². The molecule has 1 fully saturated rings. The summed E-state index contributed by atoms with van der Waals surface area (Å²) in [6, 6.07) is 0.0146. The summed E-state index contributed by atoms with van der Waals surface area (Å²) in [6.45, 7) is 4.54. The SMILES string of the molecule is CN=C(NCCc1nc(C(C)C)no1)NC1CCC(C(F)(F)F)CC1.I. The van der Waals surface area contributed by atoms with Crippen LogP contribution in [0.1, 0.15) is 57.2 Å². The van der Waals surface area contributed by atoms with Gasteiger partial charge in [0.15, 0.2) is 11.8 Å². The van der Waals surface area contributed by atoms with E-state index in [9.17, 15) is 13.2 Å². The zero-order chi connectivity index (χ0) is 18.4. The number of rotatable bonds is 5. The van der Waals surface area contributed by atoms with Gasteiger partial charge in [0.1, 0.15) is 0 Å². The van der Waals surface area contributed by atoms with Gasteiger partial charge in [-0.2, -0.15) is 18.2 Å². The third kappa shape index (κ3) is 6.92. The van der Waals surface area contributed by atoms with E-state index < -0.39 is 12.1 Å². The molecule has 0 saturated heterocycles. The number of halogens is 4. The lowest BCUT2D eigenvalue weighted by Gasteiger charge is -2.31.